The minimum atomic E-state index is -1.30. The fraction of sp³-hybridized carbons (Fsp3) is 0.625. The monoisotopic (exact) mass is 436 g/mol. The van der Waals surface area contributed by atoms with Gasteiger partial charge in [0.15, 0.2) is 11.4 Å². The molecule has 0 saturated carbocycles. The highest BCUT2D eigenvalue weighted by Gasteiger charge is 2.44. The smallest absolute Gasteiger partial charge is 0.340 e. The molecule has 3 atom stereocenters. The van der Waals surface area contributed by atoms with E-state index in [2.05, 4.69) is 6.92 Å². The van der Waals surface area contributed by atoms with Gasteiger partial charge in [-0.1, -0.05) is 37.6 Å². The van der Waals surface area contributed by atoms with Crippen molar-refractivity contribution < 1.29 is 33.2 Å². The largest absolute Gasteiger partial charge is 0.497 e. The molecular weight excluding hydrogens is 400 g/mol. The lowest BCUT2D eigenvalue weighted by atomic mass is 9.97. The number of esters is 1. The standard InChI is InChI=1S/C24H36O7/c1-7-8-15-29-24(4,22(25)27-6)21(14-13-20-17-30-23(2,3)31-20)28-16-18-9-11-19(26-5)12-10-18/h9-14,20-21H,7-8,15-17H2,1-6H3/b14-13+/t20-,21+,24+/m0/s1. The van der Waals surface area contributed by atoms with Crippen molar-refractivity contribution in [3.63, 3.8) is 0 Å². The summed E-state index contributed by atoms with van der Waals surface area (Å²) < 4.78 is 33.9. The molecule has 1 fully saturated rings. The van der Waals surface area contributed by atoms with Crippen molar-refractivity contribution >= 4 is 5.97 Å². The first kappa shape index (κ1) is 25.3. The van der Waals surface area contributed by atoms with Crippen LogP contribution in [-0.4, -0.2) is 57.0 Å². The number of hydrogen-bond acceptors (Lipinski definition) is 7. The van der Waals surface area contributed by atoms with Gasteiger partial charge in [-0.25, -0.2) is 4.79 Å². The van der Waals surface area contributed by atoms with E-state index in [0.29, 0.717) is 13.2 Å². The first-order valence-corrected chi connectivity index (χ1v) is 10.7. The Kier molecular flexibility index (Phi) is 9.50. The summed E-state index contributed by atoms with van der Waals surface area (Å²) in [6, 6.07) is 7.58. The maximum absolute atomic E-state index is 12.7. The molecule has 1 aromatic rings. The van der Waals surface area contributed by atoms with E-state index in [0.717, 1.165) is 24.2 Å². The summed E-state index contributed by atoms with van der Waals surface area (Å²) in [5.74, 6) is -0.363. The Hall–Kier alpha value is -1.93. The van der Waals surface area contributed by atoms with Gasteiger partial charge < -0.3 is 28.4 Å². The molecule has 7 heteroatoms. The summed E-state index contributed by atoms with van der Waals surface area (Å²) in [6.45, 7) is 8.64. The first-order chi connectivity index (χ1) is 14.7. The van der Waals surface area contributed by atoms with Crippen molar-refractivity contribution in [1.29, 1.82) is 0 Å². The van der Waals surface area contributed by atoms with Crippen LogP contribution in [0.2, 0.25) is 0 Å². The Balaban J connectivity index is 2.21. The third kappa shape index (κ3) is 7.31. The molecule has 0 unspecified atom stereocenters. The molecular formula is C24H36O7. The Morgan fingerprint density at radius 2 is 2.00 bits per heavy atom. The van der Waals surface area contributed by atoms with Crippen LogP contribution in [-0.2, 0) is 35.1 Å². The van der Waals surface area contributed by atoms with Gasteiger partial charge in [-0.2, -0.15) is 0 Å². The molecule has 1 aliphatic heterocycles. The molecule has 0 bridgehead atoms. The number of ether oxygens (including phenoxy) is 6. The maximum Gasteiger partial charge on any atom is 0.340 e. The van der Waals surface area contributed by atoms with Gasteiger partial charge in [0.05, 0.1) is 27.4 Å². The van der Waals surface area contributed by atoms with Crippen molar-refractivity contribution in [2.45, 2.75) is 70.7 Å². The number of benzene rings is 1. The van der Waals surface area contributed by atoms with E-state index in [1.165, 1.54) is 7.11 Å². The van der Waals surface area contributed by atoms with Gasteiger partial charge in [0.1, 0.15) is 18.0 Å². The third-order valence-corrected chi connectivity index (χ3v) is 5.15. The number of rotatable bonds is 12. The van der Waals surface area contributed by atoms with Crippen molar-refractivity contribution in [1.82, 2.24) is 0 Å². The molecule has 1 heterocycles. The minimum absolute atomic E-state index is 0.236. The summed E-state index contributed by atoms with van der Waals surface area (Å²) in [4.78, 5) is 12.7. The summed E-state index contributed by atoms with van der Waals surface area (Å²) in [5, 5.41) is 0. The van der Waals surface area contributed by atoms with Crippen LogP contribution in [0.1, 0.15) is 46.1 Å². The number of carbonyl (C=O) groups is 1. The molecule has 1 saturated heterocycles. The van der Waals surface area contributed by atoms with E-state index in [1.807, 2.05) is 50.3 Å². The van der Waals surface area contributed by atoms with Crippen LogP contribution < -0.4 is 4.74 Å². The number of carbonyl (C=O) groups excluding carboxylic acids is 1. The van der Waals surface area contributed by atoms with E-state index in [1.54, 1.807) is 14.0 Å². The topological polar surface area (TPSA) is 72.5 Å². The lowest BCUT2D eigenvalue weighted by molar-refractivity contribution is -0.185. The quantitative estimate of drug-likeness (QED) is 0.278. The Morgan fingerprint density at radius 3 is 2.55 bits per heavy atom. The Bertz CT molecular complexity index is 713. The second-order valence-electron chi connectivity index (χ2n) is 8.13. The van der Waals surface area contributed by atoms with Gasteiger partial charge >= 0.3 is 5.97 Å². The molecule has 0 aromatic heterocycles. The van der Waals surface area contributed by atoms with Gasteiger partial charge in [-0.05, 0) is 44.9 Å². The maximum atomic E-state index is 12.7. The zero-order valence-electron chi connectivity index (χ0n) is 19.5. The lowest BCUT2D eigenvalue weighted by Crippen LogP contribution is -2.50. The first-order valence-electron chi connectivity index (χ1n) is 10.7. The van der Waals surface area contributed by atoms with Crippen LogP contribution in [0.5, 0.6) is 5.75 Å². The van der Waals surface area contributed by atoms with Crippen LogP contribution in [0, 0.1) is 0 Å². The number of methoxy groups -OCH3 is 2. The summed E-state index contributed by atoms with van der Waals surface area (Å²) in [5.41, 5.74) is -0.358. The average Bonchev–Trinajstić information content (AvgIpc) is 3.12. The van der Waals surface area contributed by atoms with Crippen molar-refractivity contribution in [3.8, 4) is 5.75 Å². The highest BCUT2D eigenvalue weighted by molar-refractivity contribution is 5.80. The molecule has 0 amide bonds. The molecule has 0 N–H and O–H groups in total. The molecule has 0 aliphatic carbocycles. The van der Waals surface area contributed by atoms with Crippen LogP contribution in [0.25, 0.3) is 0 Å². The minimum Gasteiger partial charge on any atom is -0.497 e. The van der Waals surface area contributed by atoms with Gasteiger partial charge in [0.2, 0.25) is 0 Å². The molecule has 2 rings (SSSR count). The van der Waals surface area contributed by atoms with Gasteiger partial charge in [0, 0.05) is 6.61 Å². The number of hydrogen-bond donors (Lipinski definition) is 0. The molecule has 0 spiro atoms. The second kappa shape index (κ2) is 11.6. The van der Waals surface area contributed by atoms with Crippen LogP contribution in [0.15, 0.2) is 36.4 Å². The third-order valence-electron chi connectivity index (χ3n) is 5.15. The molecule has 1 aliphatic rings. The summed E-state index contributed by atoms with van der Waals surface area (Å²) in [7, 11) is 2.97. The highest BCUT2D eigenvalue weighted by Crippen LogP contribution is 2.27. The SMILES string of the molecule is CCCCO[C@@](C)(C(=O)OC)[C@@H](/C=C/[C@H]1COC(C)(C)O1)OCc1ccc(OC)cc1. The van der Waals surface area contributed by atoms with Crippen molar-refractivity contribution in [3.05, 3.63) is 42.0 Å². The molecule has 31 heavy (non-hydrogen) atoms. The predicted molar refractivity (Wildman–Crippen MR) is 117 cm³/mol. The van der Waals surface area contributed by atoms with Gasteiger partial charge in [-0.3, -0.25) is 0 Å². The predicted octanol–water partition coefficient (Wildman–Crippen LogP) is 4.04. The van der Waals surface area contributed by atoms with E-state index in [-0.39, 0.29) is 12.7 Å². The highest BCUT2D eigenvalue weighted by atomic mass is 16.7. The van der Waals surface area contributed by atoms with Crippen LogP contribution in [0.3, 0.4) is 0 Å². The van der Waals surface area contributed by atoms with Crippen LogP contribution >= 0.6 is 0 Å². The Morgan fingerprint density at radius 1 is 1.29 bits per heavy atom. The van der Waals surface area contributed by atoms with E-state index < -0.39 is 23.5 Å². The molecule has 174 valence electrons. The zero-order chi connectivity index (χ0) is 22.9. The molecule has 0 radical (unpaired) electrons. The van der Waals surface area contributed by atoms with Crippen molar-refractivity contribution in [2.75, 3.05) is 27.4 Å². The normalized spacial score (nSPS) is 21.0. The fourth-order valence-corrected chi connectivity index (χ4v) is 3.23. The van der Waals surface area contributed by atoms with Gasteiger partial charge in [0.25, 0.3) is 0 Å². The van der Waals surface area contributed by atoms with Crippen LogP contribution in [0.4, 0.5) is 0 Å². The van der Waals surface area contributed by atoms with E-state index in [9.17, 15) is 4.79 Å². The van der Waals surface area contributed by atoms with Crippen molar-refractivity contribution in [2.24, 2.45) is 0 Å². The molecule has 7 nitrogen and oxygen atoms in total. The summed E-state index contributed by atoms with van der Waals surface area (Å²) in [6.07, 6.45) is 4.52. The van der Waals surface area contributed by atoms with E-state index in [4.69, 9.17) is 28.4 Å². The van der Waals surface area contributed by atoms with E-state index >= 15 is 0 Å². The zero-order valence-corrected chi connectivity index (χ0v) is 19.5. The second-order valence-corrected chi connectivity index (χ2v) is 8.13. The molecule has 1 aromatic carbocycles. The Labute approximate surface area is 185 Å². The average molecular weight is 437 g/mol. The van der Waals surface area contributed by atoms with Gasteiger partial charge in [-0.15, -0.1) is 0 Å². The fourth-order valence-electron chi connectivity index (χ4n) is 3.23. The number of unbranched alkanes of at least 4 members (excludes halogenated alkanes) is 1. The lowest BCUT2D eigenvalue weighted by Gasteiger charge is -2.33. The summed E-state index contributed by atoms with van der Waals surface area (Å²) >= 11 is 0.